The second-order valence-corrected chi connectivity index (χ2v) is 13.0. The predicted molar refractivity (Wildman–Crippen MR) is 211 cm³/mol. The first-order chi connectivity index (χ1) is 25.7. The molecule has 0 bridgehead atoms. The largest absolute Gasteiger partial charge is 0.507 e. The molecule has 0 aliphatic carbocycles. The van der Waals surface area contributed by atoms with Gasteiger partial charge in [-0.1, -0.05) is 127 Å². The van der Waals surface area contributed by atoms with Crippen LogP contribution in [0.3, 0.4) is 0 Å². The third kappa shape index (κ3) is 5.07. The van der Waals surface area contributed by atoms with Gasteiger partial charge in [-0.25, -0.2) is 15.0 Å². The Morgan fingerprint density at radius 3 is 1.60 bits per heavy atom. The summed E-state index contributed by atoms with van der Waals surface area (Å²) < 4.78 is 6.10. The van der Waals surface area contributed by atoms with Crippen molar-refractivity contribution in [3.8, 4) is 62.2 Å². The Morgan fingerprint density at radius 1 is 0.365 bits per heavy atom. The number of rotatable bonds is 5. The second kappa shape index (κ2) is 12.0. The molecule has 5 heteroatoms. The first-order valence-electron chi connectivity index (χ1n) is 17.2. The molecule has 10 rings (SSSR count). The van der Waals surface area contributed by atoms with E-state index in [0.29, 0.717) is 34.2 Å². The van der Waals surface area contributed by atoms with Crippen LogP contribution in [-0.4, -0.2) is 20.1 Å². The molecule has 10 aromatic rings. The van der Waals surface area contributed by atoms with Crippen LogP contribution in [-0.2, 0) is 0 Å². The smallest absolute Gasteiger partial charge is 0.164 e. The van der Waals surface area contributed by atoms with Crippen molar-refractivity contribution in [3.05, 3.63) is 170 Å². The molecule has 1 N–H and O–H groups in total. The first kappa shape index (κ1) is 29.8. The normalized spacial score (nSPS) is 11.5. The topological polar surface area (TPSA) is 72.0 Å². The van der Waals surface area contributed by atoms with Gasteiger partial charge in [0.25, 0.3) is 0 Å². The number of benzene rings is 8. The van der Waals surface area contributed by atoms with Crippen LogP contribution in [0.5, 0.6) is 5.75 Å². The third-order valence-electron chi connectivity index (χ3n) is 9.82. The van der Waals surface area contributed by atoms with E-state index in [2.05, 4.69) is 72.8 Å². The average molecular weight is 668 g/mol. The number of hydrogen-bond acceptors (Lipinski definition) is 5. The number of aromatic hydroxyl groups is 1. The van der Waals surface area contributed by atoms with E-state index in [1.807, 2.05) is 97.1 Å². The molecule has 2 aromatic heterocycles. The zero-order chi connectivity index (χ0) is 34.6. The Bertz CT molecular complexity index is 2890. The molecule has 0 aliphatic rings. The number of furan rings is 1. The standard InChI is InChI=1S/C47H29N3O2/c51-44-37(34-22-25-42-40(28-34)38-16-8-9-17-41(38)52-42)23-24-39(43(44)31-12-2-1-3-13-31)47-49-45(35-20-18-29-10-4-6-14-32(29)26-35)48-46(50-47)36-21-19-30-11-5-7-15-33(30)27-36/h1-28,51H. The van der Waals surface area contributed by atoms with Crippen LogP contribution in [0.1, 0.15) is 0 Å². The van der Waals surface area contributed by atoms with Gasteiger partial charge in [0.15, 0.2) is 17.5 Å². The Hall–Kier alpha value is -7.11. The van der Waals surface area contributed by atoms with Gasteiger partial charge in [0.1, 0.15) is 16.9 Å². The summed E-state index contributed by atoms with van der Waals surface area (Å²) in [6.45, 7) is 0. The number of hydrogen-bond donors (Lipinski definition) is 1. The molecule has 0 fully saturated rings. The van der Waals surface area contributed by atoms with E-state index < -0.39 is 0 Å². The molecular formula is C47H29N3O2. The molecule has 0 radical (unpaired) electrons. The van der Waals surface area contributed by atoms with Gasteiger partial charge in [0.05, 0.1) is 0 Å². The molecule has 244 valence electrons. The van der Waals surface area contributed by atoms with Crippen molar-refractivity contribution in [3.63, 3.8) is 0 Å². The van der Waals surface area contributed by atoms with E-state index >= 15 is 0 Å². The fraction of sp³-hybridized carbons (Fsp3) is 0. The fourth-order valence-electron chi connectivity index (χ4n) is 7.21. The Kier molecular flexibility index (Phi) is 6.89. The average Bonchev–Trinajstić information content (AvgIpc) is 3.58. The summed E-state index contributed by atoms with van der Waals surface area (Å²) in [5, 5.41) is 18.8. The van der Waals surface area contributed by atoms with Gasteiger partial charge in [-0.05, 0) is 75.1 Å². The lowest BCUT2D eigenvalue weighted by molar-refractivity contribution is 0.479. The molecule has 5 nitrogen and oxygen atoms in total. The minimum absolute atomic E-state index is 0.149. The van der Waals surface area contributed by atoms with Crippen molar-refractivity contribution in [2.24, 2.45) is 0 Å². The van der Waals surface area contributed by atoms with Gasteiger partial charge >= 0.3 is 0 Å². The van der Waals surface area contributed by atoms with Gasteiger partial charge < -0.3 is 9.52 Å². The SMILES string of the molecule is Oc1c(-c2ccc3oc4ccccc4c3c2)ccc(-c2nc(-c3ccc4ccccc4c3)nc(-c3ccc4ccccc4c3)n2)c1-c1ccccc1. The van der Waals surface area contributed by atoms with Gasteiger partial charge in [0.2, 0.25) is 0 Å². The van der Waals surface area contributed by atoms with E-state index in [4.69, 9.17) is 19.4 Å². The molecule has 0 unspecified atom stereocenters. The summed E-state index contributed by atoms with van der Waals surface area (Å²) in [6.07, 6.45) is 0. The first-order valence-corrected chi connectivity index (χ1v) is 17.2. The summed E-state index contributed by atoms with van der Waals surface area (Å²) in [7, 11) is 0. The van der Waals surface area contributed by atoms with Crippen LogP contribution < -0.4 is 0 Å². The minimum Gasteiger partial charge on any atom is -0.507 e. The summed E-state index contributed by atoms with van der Waals surface area (Å²) in [5.74, 6) is 1.73. The highest BCUT2D eigenvalue weighted by Crippen LogP contribution is 2.45. The van der Waals surface area contributed by atoms with Crippen molar-refractivity contribution >= 4 is 43.5 Å². The molecule has 0 atom stereocenters. The number of phenolic OH excluding ortho intramolecular Hbond substituents is 1. The lowest BCUT2D eigenvalue weighted by Gasteiger charge is -2.16. The molecule has 0 saturated heterocycles. The summed E-state index contributed by atoms with van der Waals surface area (Å²) in [4.78, 5) is 15.3. The third-order valence-corrected chi connectivity index (χ3v) is 9.82. The number of phenols is 1. The maximum atomic E-state index is 12.3. The summed E-state index contributed by atoms with van der Waals surface area (Å²) in [6, 6.07) is 57.1. The number of aromatic nitrogens is 3. The van der Waals surface area contributed by atoms with Crippen molar-refractivity contribution in [2.75, 3.05) is 0 Å². The molecule has 52 heavy (non-hydrogen) atoms. The van der Waals surface area contributed by atoms with Crippen molar-refractivity contribution in [1.82, 2.24) is 15.0 Å². The van der Waals surface area contributed by atoms with E-state index in [9.17, 15) is 5.11 Å². The van der Waals surface area contributed by atoms with Gasteiger partial charge in [0, 0.05) is 38.6 Å². The fourth-order valence-corrected chi connectivity index (χ4v) is 7.21. The number of para-hydroxylation sites is 1. The highest BCUT2D eigenvalue weighted by atomic mass is 16.3. The zero-order valence-corrected chi connectivity index (χ0v) is 27.9. The maximum absolute atomic E-state index is 12.3. The van der Waals surface area contributed by atoms with Crippen LogP contribution in [0.15, 0.2) is 174 Å². The maximum Gasteiger partial charge on any atom is 0.164 e. The van der Waals surface area contributed by atoms with Crippen LogP contribution in [0.25, 0.3) is 99.9 Å². The molecule has 0 saturated carbocycles. The Morgan fingerprint density at radius 2 is 0.904 bits per heavy atom. The number of nitrogens with zero attached hydrogens (tertiary/aromatic N) is 3. The summed E-state index contributed by atoms with van der Waals surface area (Å²) in [5.41, 5.74) is 7.18. The monoisotopic (exact) mass is 667 g/mol. The molecule has 0 aliphatic heterocycles. The van der Waals surface area contributed by atoms with E-state index in [1.165, 1.54) is 0 Å². The van der Waals surface area contributed by atoms with Crippen molar-refractivity contribution in [1.29, 1.82) is 0 Å². The van der Waals surface area contributed by atoms with Gasteiger partial charge in [-0.15, -0.1) is 0 Å². The highest BCUT2D eigenvalue weighted by molar-refractivity contribution is 6.07. The summed E-state index contributed by atoms with van der Waals surface area (Å²) >= 11 is 0. The van der Waals surface area contributed by atoms with Gasteiger partial charge in [-0.3, -0.25) is 0 Å². The molecule has 0 amide bonds. The second-order valence-electron chi connectivity index (χ2n) is 13.0. The molecule has 2 heterocycles. The van der Waals surface area contributed by atoms with Crippen molar-refractivity contribution < 1.29 is 9.52 Å². The van der Waals surface area contributed by atoms with Crippen LogP contribution in [0.2, 0.25) is 0 Å². The lowest BCUT2D eigenvalue weighted by atomic mass is 9.92. The van der Waals surface area contributed by atoms with E-state index in [0.717, 1.165) is 65.7 Å². The van der Waals surface area contributed by atoms with Crippen LogP contribution in [0, 0.1) is 0 Å². The minimum atomic E-state index is 0.149. The quantitative estimate of drug-likeness (QED) is 0.198. The zero-order valence-electron chi connectivity index (χ0n) is 27.9. The Balaban J connectivity index is 1.20. The Labute approximate surface area is 299 Å². The lowest BCUT2D eigenvalue weighted by Crippen LogP contribution is -2.01. The molecule has 8 aromatic carbocycles. The highest BCUT2D eigenvalue weighted by Gasteiger charge is 2.22. The van der Waals surface area contributed by atoms with Crippen LogP contribution >= 0.6 is 0 Å². The van der Waals surface area contributed by atoms with Crippen LogP contribution in [0.4, 0.5) is 0 Å². The predicted octanol–water partition coefficient (Wildman–Crippen LogP) is 12.1. The molecular weight excluding hydrogens is 639 g/mol. The van der Waals surface area contributed by atoms with E-state index in [1.54, 1.807) is 0 Å². The van der Waals surface area contributed by atoms with E-state index in [-0.39, 0.29) is 5.75 Å². The van der Waals surface area contributed by atoms with Crippen molar-refractivity contribution in [2.45, 2.75) is 0 Å². The van der Waals surface area contributed by atoms with Gasteiger partial charge in [-0.2, -0.15) is 0 Å². The molecule has 0 spiro atoms. The number of fused-ring (bicyclic) bond motifs is 5.